The lowest BCUT2D eigenvalue weighted by atomic mass is 9.97. The largest absolute Gasteiger partial charge is 0.464 e. The first kappa shape index (κ1) is 9.86. The van der Waals surface area contributed by atoms with E-state index in [1.807, 2.05) is 6.92 Å². The van der Waals surface area contributed by atoms with Gasteiger partial charge in [-0.3, -0.25) is 0 Å². The molecule has 1 aliphatic rings. The van der Waals surface area contributed by atoms with Crippen molar-refractivity contribution >= 4 is 11.5 Å². The molecule has 14 heavy (non-hydrogen) atoms. The Morgan fingerprint density at radius 2 is 2.43 bits per heavy atom. The minimum atomic E-state index is 0.246. The molecule has 2 rings (SSSR count). The average Bonchev–Trinajstić information content (AvgIpc) is 2.56. The van der Waals surface area contributed by atoms with E-state index in [2.05, 4.69) is 21.6 Å². The lowest BCUT2D eigenvalue weighted by Crippen LogP contribution is -2.42. The van der Waals surface area contributed by atoms with E-state index in [9.17, 15) is 0 Å². The lowest BCUT2D eigenvalue weighted by Gasteiger charge is -2.28. The van der Waals surface area contributed by atoms with Gasteiger partial charge in [0.15, 0.2) is 0 Å². The van der Waals surface area contributed by atoms with E-state index < -0.39 is 0 Å². The number of aryl methyl sites for hydroxylation is 1. The molecular weight excluding hydrogens is 198 g/mol. The number of aromatic nitrogens is 2. The van der Waals surface area contributed by atoms with Crippen LogP contribution in [0.25, 0.3) is 0 Å². The molecule has 0 spiro atoms. The molecular formula is C9H15N3OS. The van der Waals surface area contributed by atoms with Crippen LogP contribution in [0.1, 0.15) is 19.2 Å². The molecule has 1 aromatic rings. The first-order valence-corrected chi connectivity index (χ1v) is 5.71. The molecule has 0 radical (unpaired) electrons. The van der Waals surface area contributed by atoms with Crippen LogP contribution in [0.3, 0.4) is 0 Å². The summed E-state index contributed by atoms with van der Waals surface area (Å²) < 4.78 is 9.86. The Morgan fingerprint density at radius 3 is 3.07 bits per heavy atom. The molecule has 5 heteroatoms. The van der Waals surface area contributed by atoms with Gasteiger partial charge in [0.2, 0.25) is 0 Å². The van der Waals surface area contributed by atoms with Crippen LogP contribution in [0.4, 0.5) is 0 Å². The molecule has 78 valence electrons. The number of nitrogens with one attached hydrogen (secondary N) is 1. The fourth-order valence-electron chi connectivity index (χ4n) is 1.57. The second kappa shape index (κ2) is 4.23. The Bertz CT molecular complexity index is 302. The van der Waals surface area contributed by atoms with E-state index in [1.165, 1.54) is 18.0 Å². The number of nitrogens with zero attached hydrogens (tertiary/aromatic N) is 2. The van der Waals surface area contributed by atoms with E-state index in [0.29, 0.717) is 11.1 Å². The molecule has 0 bridgehead atoms. The van der Waals surface area contributed by atoms with Gasteiger partial charge in [-0.25, -0.2) is 0 Å². The summed E-state index contributed by atoms with van der Waals surface area (Å²) >= 11 is 1.33. The topological polar surface area (TPSA) is 47.0 Å². The molecule has 1 aromatic heterocycles. The van der Waals surface area contributed by atoms with Crippen LogP contribution < -0.4 is 10.1 Å². The Kier molecular flexibility index (Phi) is 2.98. The first-order valence-electron chi connectivity index (χ1n) is 4.93. The molecule has 2 unspecified atom stereocenters. The van der Waals surface area contributed by atoms with Gasteiger partial charge < -0.3 is 10.1 Å². The van der Waals surface area contributed by atoms with Crippen molar-refractivity contribution in [1.82, 2.24) is 14.7 Å². The van der Waals surface area contributed by atoms with E-state index >= 15 is 0 Å². The van der Waals surface area contributed by atoms with Gasteiger partial charge >= 0.3 is 0 Å². The number of rotatable bonds is 2. The number of ether oxygens (including phenoxy) is 1. The molecule has 0 amide bonds. The molecule has 1 fully saturated rings. The maximum Gasteiger partial charge on any atom is 0.293 e. The summed E-state index contributed by atoms with van der Waals surface area (Å²) in [6, 6.07) is 0. The van der Waals surface area contributed by atoms with Gasteiger partial charge in [-0.05, 0) is 25.8 Å². The molecule has 1 saturated heterocycles. The zero-order chi connectivity index (χ0) is 9.97. The van der Waals surface area contributed by atoms with Gasteiger partial charge in [-0.2, -0.15) is 9.36 Å². The quantitative estimate of drug-likeness (QED) is 0.802. The second-order valence-corrected chi connectivity index (χ2v) is 4.45. The molecule has 0 aromatic carbocycles. The lowest BCUT2D eigenvalue weighted by molar-refractivity contribution is 0.114. The fraction of sp³-hybridized carbons (Fsp3) is 0.778. The van der Waals surface area contributed by atoms with Gasteiger partial charge in [0.05, 0.1) is 0 Å². The van der Waals surface area contributed by atoms with Crippen molar-refractivity contribution in [1.29, 1.82) is 0 Å². The molecule has 1 N–H and O–H groups in total. The monoisotopic (exact) mass is 213 g/mol. The maximum atomic E-state index is 5.77. The van der Waals surface area contributed by atoms with Crippen molar-refractivity contribution in [3.63, 3.8) is 0 Å². The highest BCUT2D eigenvalue weighted by atomic mass is 32.1. The summed E-state index contributed by atoms with van der Waals surface area (Å²) in [4.78, 5) is 4.20. The average molecular weight is 213 g/mol. The molecule has 0 saturated carbocycles. The highest BCUT2D eigenvalue weighted by Crippen LogP contribution is 2.20. The van der Waals surface area contributed by atoms with Gasteiger partial charge in [-0.15, -0.1) is 0 Å². The zero-order valence-corrected chi connectivity index (χ0v) is 9.30. The minimum Gasteiger partial charge on any atom is -0.464 e. The SMILES string of the molecule is Cc1nsc(OC2CNCCC2C)n1. The van der Waals surface area contributed by atoms with Gasteiger partial charge in [0, 0.05) is 18.1 Å². The minimum absolute atomic E-state index is 0.246. The van der Waals surface area contributed by atoms with Gasteiger partial charge in [0.1, 0.15) is 11.9 Å². The normalized spacial score (nSPS) is 27.6. The summed E-state index contributed by atoms with van der Waals surface area (Å²) in [6.07, 6.45) is 1.42. The molecule has 2 heterocycles. The van der Waals surface area contributed by atoms with Crippen LogP contribution in [0.5, 0.6) is 5.19 Å². The van der Waals surface area contributed by atoms with E-state index in [-0.39, 0.29) is 6.10 Å². The Balaban J connectivity index is 1.95. The van der Waals surface area contributed by atoms with Crippen molar-refractivity contribution < 1.29 is 4.74 Å². The summed E-state index contributed by atoms with van der Waals surface area (Å²) in [5.74, 6) is 1.39. The third kappa shape index (κ3) is 2.22. The number of hydrogen-bond donors (Lipinski definition) is 1. The first-order chi connectivity index (χ1) is 6.75. The standard InChI is InChI=1S/C9H15N3OS/c1-6-3-4-10-5-8(6)13-9-11-7(2)12-14-9/h6,8,10H,3-5H2,1-2H3. The summed E-state index contributed by atoms with van der Waals surface area (Å²) in [5.41, 5.74) is 0. The van der Waals surface area contributed by atoms with Crippen LogP contribution in [0, 0.1) is 12.8 Å². The van der Waals surface area contributed by atoms with E-state index in [0.717, 1.165) is 18.9 Å². The highest BCUT2D eigenvalue weighted by Gasteiger charge is 2.23. The predicted octanol–water partition coefficient (Wildman–Crippen LogP) is 1.22. The third-order valence-electron chi connectivity index (χ3n) is 2.52. The Labute approximate surface area is 87.9 Å². The van der Waals surface area contributed by atoms with Crippen molar-refractivity contribution in [2.45, 2.75) is 26.4 Å². The zero-order valence-electron chi connectivity index (χ0n) is 8.49. The molecule has 2 atom stereocenters. The second-order valence-electron chi connectivity index (χ2n) is 3.73. The predicted molar refractivity (Wildman–Crippen MR) is 55.7 cm³/mol. The number of hydrogen-bond acceptors (Lipinski definition) is 5. The highest BCUT2D eigenvalue weighted by molar-refractivity contribution is 7.07. The molecule has 4 nitrogen and oxygen atoms in total. The molecule has 0 aliphatic carbocycles. The summed E-state index contributed by atoms with van der Waals surface area (Å²) in [7, 11) is 0. The summed E-state index contributed by atoms with van der Waals surface area (Å²) in [6.45, 7) is 6.11. The van der Waals surface area contributed by atoms with Gasteiger partial charge in [0.25, 0.3) is 5.19 Å². The van der Waals surface area contributed by atoms with Crippen molar-refractivity contribution in [3.05, 3.63) is 5.82 Å². The fourth-order valence-corrected chi connectivity index (χ4v) is 2.16. The maximum absolute atomic E-state index is 5.77. The van der Waals surface area contributed by atoms with Crippen molar-refractivity contribution in [3.8, 4) is 5.19 Å². The van der Waals surface area contributed by atoms with Crippen LogP contribution >= 0.6 is 11.5 Å². The van der Waals surface area contributed by atoms with E-state index in [1.54, 1.807) is 0 Å². The van der Waals surface area contributed by atoms with Crippen LogP contribution in [0.15, 0.2) is 0 Å². The van der Waals surface area contributed by atoms with E-state index in [4.69, 9.17) is 4.74 Å². The Hall–Kier alpha value is -0.680. The summed E-state index contributed by atoms with van der Waals surface area (Å²) in [5, 5.41) is 4.02. The van der Waals surface area contributed by atoms with Crippen LogP contribution in [-0.4, -0.2) is 28.6 Å². The smallest absolute Gasteiger partial charge is 0.293 e. The van der Waals surface area contributed by atoms with Crippen molar-refractivity contribution in [2.24, 2.45) is 5.92 Å². The Morgan fingerprint density at radius 1 is 1.57 bits per heavy atom. The van der Waals surface area contributed by atoms with Gasteiger partial charge in [-0.1, -0.05) is 6.92 Å². The number of piperidine rings is 1. The third-order valence-corrected chi connectivity index (χ3v) is 3.22. The van der Waals surface area contributed by atoms with Crippen LogP contribution in [0.2, 0.25) is 0 Å². The van der Waals surface area contributed by atoms with Crippen LogP contribution in [-0.2, 0) is 0 Å². The van der Waals surface area contributed by atoms with Crippen molar-refractivity contribution in [2.75, 3.05) is 13.1 Å². The molecule has 1 aliphatic heterocycles.